The average molecular weight is 572 g/mol. The van der Waals surface area contributed by atoms with E-state index in [0.29, 0.717) is 6.61 Å². The molecule has 5 rings (SSSR count). The molecule has 0 spiro atoms. The fraction of sp³-hybridized carbons (Fsp3) is 0.308. The molecule has 4 nitrogen and oxygen atoms in total. The Labute approximate surface area is 258 Å². The van der Waals surface area contributed by atoms with Crippen LogP contribution in [-0.2, 0) is 26.2 Å². The highest BCUT2D eigenvalue weighted by Gasteiger charge is 2.22. The molecule has 0 saturated heterocycles. The summed E-state index contributed by atoms with van der Waals surface area (Å²) >= 11 is 0. The molecule has 0 bridgehead atoms. The minimum absolute atomic E-state index is 0.580. The number of unbranched alkanes of at least 4 members (excludes halogenated alkanes) is 3. The Morgan fingerprint density at radius 2 is 1.26 bits per heavy atom. The SMILES string of the molecule is CCCCCn1c(-c2ccccc2)nc(-c2ccccc2)c1CN(CCCC)Cc1ccc(OCc2ccccc2)cc1. The number of nitrogens with zero attached hydrogens (tertiary/aromatic N) is 3. The van der Waals surface area contributed by atoms with Gasteiger partial charge in [-0.25, -0.2) is 4.98 Å². The second kappa shape index (κ2) is 15.9. The molecular weight excluding hydrogens is 526 g/mol. The lowest BCUT2D eigenvalue weighted by atomic mass is 10.1. The van der Waals surface area contributed by atoms with E-state index in [9.17, 15) is 0 Å². The minimum Gasteiger partial charge on any atom is -0.489 e. The second-order valence-electron chi connectivity index (χ2n) is 11.3. The average Bonchev–Trinajstić information content (AvgIpc) is 3.42. The van der Waals surface area contributed by atoms with Crippen molar-refractivity contribution in [3.8, 4) is 28.4 Å². The van der Waals surface area contributed by atoms with Crippen molar-refractivity contribution >= 4 is 0 Å². The van der Waals surface area contributed by atoms with Crippen LogP contribution in [0.3, 0.4) is 0 Å². The lowest BCUT2D eigenvalue weighted by Gasteiger charge is -2.24. The summed E-state index contributed by atoms with van der Waals surface area (Å²) in [6.45, 7) is 8.87. The maximum Gasteiger partial charge on any atom is 0.140 e. The summed E-state index contributed by atoms with van der Waals surface area (Å²) < 4.78 is 8.57. The van der Waals surface area contributed by atoms with E-state index in [-0.39, 0.29) is 0 Å². The third-order valence-corrected chi connectivity index (χ3v) is 7.92. The molecule has 0 aliphatic heterocycles. The first-order valence-corrected chi connectivity index (χ1v) is 15.9. The molecule has 222 valence electrons. The fourth-order valence-corrected chi connectivity index (χ4v) is 5.54. The zero-order chi connectivity index (χ0) is 29.7. The van der Waals surface area contributed by atoms with Crippen molar-refractivity contribution in [2.45, 2.75) is 72.2 Å². The van der Waals surface area contributed by atoms with E-state index in [1.165, 1.54) is 47.2 Å². The van der Waals surface area contributed by atoms with Gasteiger partial charge in [0.15, 0.2) is 0 Å². The number of rotatable bonds is 16. The number of hydrogen-bond donors (Lipinski definition) is 0. The second-order valence-corrected chi connectivity index (χ2v) is 11.3. The Bertz CT molecular complexity index is 1500. The molecular formula is C39H45N3O. The molecule has 1 heterocycles. The van der Waals surface area contributed by atoms with Gasteiger partial charge in [-0.1, -0.05) is 136 Å². The van der Waals surface area contributed by atoms with E-state index < -0.39 is 0 Å². The molecule has 0 amide bonds. The normalized spacial score (nSPS) is 11.2. The third kappa shape index (κ3) is 8.46. The zero-order valence-electron chi connectivity index (χ0n) is 25.8. The molecule has 5 aromatic rings. The van der Waals surface area contributed by atoms with Crippen LogP contribution in [0.4, 0.5) is 0 Å². The van der Waals surface area contributed by atoms with E-state index in [1.807, 2.05) is 6.07 Å². The molecule has 0 atom stereocenters. The third-order valence-electron chi connectivity index (χ3n) is 7.92. The standard InChI is InChI=1S/C39H45N3O/c1-3-5-16-28-42-37(38(34-19-12-8-13-20-34)40-39(42)35-21-14-9-15-22-35)30-41(27-6-4-2)29-32-23-25-36(26-24-32)43-31-33-17-10-7-11-18-33/h7-15,17-26H,3-6,16,27-31H2,1-2H3. The zero-order valence-corrected chi connectivity index (χ0v) is 25.8. The van der Waals surface area contributed by atoms with Gasteiger partial charge in [-0.15, -0.1) is 0 Å². The van der Waals surface area contributed by atoms with Gasteiger partial charge in [0, 0.05) is 30.8 Å². The first kappa shape index (κ1) is 30.3. The van der Waals surface area contributed by atoms with Crippen molar-refractivity contribution in [3.05, 3.63) is 132 Å². The summed E-state index contributed by atoms with van der Waals surface area (Å²) in [5.41, 5.74) is 7.23. The van der Waals surface area contributed by atoms with Gasteiger partial charge in [-0.3, -0.25) is 4.90 Å². The number of hydrogen-bond acceptors (Lipinski definition) is 3. The van der Waals surface area contributed by atoms with Crippen molar-refractivity contribution in [1.82, 2.24) is 14.5 Å². The van der Waals surface area contributed by atoms with Gasteiger partial charge in [0.2, 0.25) is 0 Å². The van der Waals surface area contributed by atoms with Gasteiger partial charge < -0.3 is 9.30 Å². The van der Waals surface area contributed by atoms with Crippen LogP contribution in [0.25, 0.3) is 22.6 Å². The van der Waals surface area contributed by atoms with Gasteiger partial charge in [-0.05, 0) is 42.6 Å². The van der Waals surface area contributed by atoms with Gasteiger partial charge in [0.25, 0.3) is 0 Å². The highest BCUT2D eigenvalue weighted by molar-refractivity contribution is 5.68. The van der Waals surface area contributed by atoms with E-state index in [4.69, 9.17) is 9.72 Å². The van der Waals surface area contributed by atoms with Crippen LogP contribution in [0.15, 0.2) is 115 Å². The predicted octanol–water partition coefficient (Wildman–Crippen LogP) is 9.79. The molecule has 0 saturated carbocycles. The maximum atomic E-state index is 6.06. The summed E-state index contributed by atoms with van der Waals surface area (Å²) in [5.74, 6) is 1.97. The Balaban J connectivity index is 1.43. The smallest absolute Gasteiger partial charge is 0.140 e. The summed E-state index contributed by atoms with van der Waals surface area (Å²) in [6.07, 6.45) is 5.88. The van der Waals surface area contributed by atoms with Crippen LogP contribution in [0.1, 0.15) is 62.8 Å². The quantitative estimate of drug-likeness (QED) is 0.110. The first-order valence-electron chi connectivity index (χ1n) is 15.9. The van der Waals surface area contributed by atoms with Crippen molar-refractivity contribution in [1.29, 1.82) is 0 Å². The van der Waals surface area contributed by atoms with Crippen molar-refractivity contribution < 1.29 is 4.74 Å². The molecule has 4 heteroatoms. The molecule has 0 fully saturated rings. The van der Waals surface area contributed by atoms with Crippen LogP contribution < -0.4 is 4.74 Å². The Morgan fingerprint density at radius 1 is 0.628 bits per heavy atom. The fourth-order valence-electron chi connectivity index (χ4n) is 5.54. The van der Waals surface area contributed by atoms with E-state index >= 15 is 0 Å². The lowest BCUT2D eigenvalue weighted by Crippen LogP contribution is -2.26. The summed E-state index contributed by atoms with van der Waals surface area (Å²) in [5, 5.41) is 0. The molecule has 0 aliphatic rings. The Hall–Kier alpha value is -4.15. The topological polar surface area (TPSA) is 30.3 Å². The number of aromatic nitrogens is 2. The van der Waals surface area contributed by atoms with E-state index in [2.05, 4.69) is 133 Å². The molecule has 4 aromatic carbocycles. The van der Waals surface area contributed by atoms with Crippen molar-refractivity contribution in [2.24, 2.45) is 0 Å². The lowest BCUT2D eigenvalue weighted by molar-refractivity contribution is 0.246. The van der Waals surface area contributed by atoms with E-state index in [1.54, 1.807) is 0 Å². The highest BCUT2D eigenvalue weighted by atomic mass is 16.5. The predicted molar refractivity (Wildman–Crippen MR) is 179 cm³/mol. The largest absolute Gasteiger partial charge is 0.489 e. The molecule has 0 unspecified atom stereocenters. The molecule has 0 radical (unpaired) electrons. The molecule has 43 heavy (non-hydrogen) atoms. The van der Waals surface area contributed by atoms with Gasteiger partial charge in [0.1, 0.15) is 18.2 Å². The summed E-state index contributed by atoms with van der Waals surface area (Å²) in [4.78, 5) is 7.94. The van der Waals surface area contributed by atoms with Crippen molar-refractivity contribution in [3.63, 3.8) is 0 Å². The maximum absolute atomic E-state index is 6.06. The molecule has 0 N–H and O–H groups in total. The Morgan fingerprint density at radius 3 is 1.91 bits per heavy atom. The van der Waals surface area contributed by atoms with Crippen LogP contribution in [0, 0.1) is 0 Å². The van der Waals surface area contributed by atoms with Gasteiger partial charge in [0.05, 0.1) is 11.4 Å². The first-order chi connectivity index (χ1) is 21.2. The van der Waals surface area contributed by atoms with Crippen molar-refractivity contribution in [2.75, 3.05) is 6.54 Å². The van der Waals surface area contributed by atoms with Gasteiger partial charge in [-0.2, -0.15) is 0 Å². The summed E-state index contributed by atoms with van der Waals surface area (Å²) in [7, 11) is 0. The molecule has 0 aliphatic carbocycles. The highest BCUT2D eigenvalue weighted by Crippen LogP contribution is 2.31. The van der Waals surface area contributed by atoms with E-state index in [0.717, 1.165) is 56.3 Å². The molecule has 1 aromatic heterocycles. The van der Waals surface area contributed by atoms with Crippen LogP contribution in [-0.4, -0.2) is 21.0 Å². The monoisotopic (exact) mass is 571 g/mol. The van der Waals surface area contributed by atoms with Crippen LogP contribution >= 0.6 is 0 Å². The van der Waals surface area contributed by atoms with Crippen LogP contribution in [0.5, 0.6) is 5.75 Å². The minimum atomic E-state index is 0.580. The number of ether oxygens (including phenoxy) is 1. The summed E-state index contributed by atoms with van der Waals surface area (Å²) in [6, 6.07) is 40.4. The van der Waals surface area contributed by atoms with Gasteiger partial charge >= 0.3 is 0 Å². The van der Waals surface area contributed by atoms with Crippen LogP contribution in [0.2, 0.25) is 0 Å². The number of imidazole rings is 1. The Kier molecular flexibility index (Phi) is 11.2. The number of benzene rings is 4.